The Labute approximate surface area is 128 Å². The second kappa shape index (κ2) is 5.98. The van der Waals surface area contributed by atoms with E-state index >= 15 is 0 Å². The number of hydrogen-bond donors (Lipinski definition) is 1. The van der Waals surface area contributed by atoms with Crippen molar-refractivity contribution >= 4 is 15.9 Å². The minimum absolute atomic E-state index is 0.113. The Bertz CT molecular complexity index is 582. The predicted molar refractivity (Wildman–Crippen MR) is 85.0 cm³/mol. The largest absolute Gasteiger partial charge is 0.485 e. The molecule has 3 rings (SSSR count). The molecule has 104 valence electrons. The normalized spacial score (nSPS) is 21.1. The third kappa shape index (κ3) is 2.74. The number of fused-ring (bicyclic) bond motifs is 1. The van der Waals surface area contributed by atoms with Crippen LogP contribution in [0.5, 0.6) is 5.75 Å². The average Bonchev–Trinajstić information content (AvgIpc) is 2.48. The highest BCUT2D eigenvalue weighted by molar-refractivity contribution is 9.10. The Morgan fingerprint density at radius 1 is 1.15 bits per heavy atom. The molecule has 2 atom stereocenters. The topological polar surface area (TPSA) is 21.3 Å². The highest BCUT2D eigenvalue weighted by atomic mass is 79.9. The molecule has 0 radical (unpaired) electrons. The van der Waals surface area contributed by atoms with E-state index in [1.54, 1.807) is 0 Å². The van der Waals surface area contributed by atoms with Gasteiger partial charge in [-0.2, -0.15) is 0 Å². The van der Waals surface area contributed by atoms with Gasteiger partial charge in [-0.05, 0) is 30.3 Å². The summed E-state index contributed by atoms with van der Waals surface area (Å²) >= 11 is 3.48. The third-order valence-electron chi connectivity index (χ3n) is 3.71. The summed E-state index contributed by atoms with van der Waals surface area (Å²) < 4.78 is 7.28. The summed E-state index contributed by atoms with van der Waals surface area (Å²) in [6, 6.07) is 17.1. The molecule has 2 nitrogen and oxygen atoms in total. The molecule has 3 heteroatoms. The van der Waals surface area contributed by atoms with Gasteiger partial charge in [0.2, 0.25) is 0 Å². The first kappa shape index (κ1) is 13.7. The molecular weight excluding hydrogens is 314 g/mol. The maximum atomic E-state index is 6.18. The number of benzene rings is 2. The minimum Gasteiger partial charge on any atom is -0.485 e. The quantitative estimate of drug-likeness (QED) is 0.885. The smallest absolute Gasteiger partial charge is 0.126 e. The van der Waals surface area contributed by atoms with E-state index in [1.165, 1.54) is 11.1 Å². The van der Waals surface area contributed by atoms with Gasteiger partial charge in [-0.25, -0.2) is 0 Å². The molecule has 2 aromatic carbocycles. The lowest BCUT2D eigenvalue weighted by Crippen LogP contribution is -2.28. The monoisotopic (exact) mass is 331 g/mol. The summed E-state index contributed by atoms with van der Waals surface area (Å²) in [5.41, 5.74) is 2.49. The van der Waals surface area contributed by atoms with Crippen LogP contribution in [0.3, 0.4) is 0 Å². The van der Waals surface area contributed by atoms with Gasteiger partial charge in [-0.15, -0.1) is 0 Å². The van der Waals surface area contributed by atoms with Gasteiger partial charge in [0, 0.05) is 22.5 Å². The van der Waals surface area contributed by atoms with E-state index < -0.39 is 0 Å². The zero-order chi connectivity index (χ0) is 13.9. The zero-order valence-electron chi connectivity index (χ0n) is 11.5. The molecule has 0 fully saturated rings. The molecule has 2 aromatic rings. The van der Waals surface area contributed by atoms with Gasteiger partial charge in [-0.1, -0.05) is 53.2 Å². The first-order valence-electron chi connectivity index (χ1n) is 7.02. The maximum Gasteiger partial charge on any atom is 0.126 e. The van der Waals surface area contributed by atoms with Crippen LogP contribution in [-0.4, -0.2) is 6.54 Å². The first-order valence-corrected chi connectivity index (χ1v) is 7.81. The number of rotatable bonds is 3. The maximum absolute atomic E-state index is 6.18. The van der Waals surface area contributed by atoms with E-state index in [2.05, 4.69) is 70.6 Å². The van der Waals surface area contributed by atoms with E-state index in [0.29, 0.717) is 6.04 Å². The highest BCUT2D eigenvalue weighted by Crippen LogP contribution is 2.40. The Morgan fingerprint density at radius 2 is 1.90 bits per heavy atom. The van der Waals surface area contributed by atoms with Gasteiger partial charge in [0.15, 0.2) is 0 Å². The van der Waals surface area contributed by atoms with Gasteiger partial charge in [0.1, 0.15) is 11.9 Å². The number of ether oxygens (including phenoxy) is 1. The van der Waals surface area contributed by atoms with Crippen molar-refractivity contribution in [2.24, 2.45) is 0 Å². The van der Waals surface area contributed by atoms with E-state index in [4.69, 9.17) is 4.74 Å². The standard InChI is InChI=1S/C17H18BrNO/c1-2-19-15-11-17(12-7-9-13(18)10-8-12)20-16-6-4-3-5-14(15)16/h3-10,15,17,19H,2,11H2,1H3. The molecule has 0 bridgehead atoms. The fourth-order valence-corrected chi connectivity index (χ4v) is 3.00. The third-order valence-corrected chi connectivity index (χ3v) is 4.23. The molecule has 1 aliphatic rings. The number of halogens is 1. The Morgan fingerprint density at radius 3 is 2.65 bits per heavy atom. The van der Waals surface area contributed by atoms with Gasteiger partial charge in [-0.3, -0.25) is 0 Å². The van der Waals surface area contributed by atoms with Crippen molar-refractivity contribution in [2.75, 3.05) is 6.54 Å². The summed E-state index contributed by atoms with van der Waals surface area (Å²) in [5, 5.41) is 3.56. The fraction of sp³-hybridized carbons (Fsp3) is 0.294. The lowest BCUT2D eigenvalue weighted by atomic mass is 9.93. The van der Waals surface area contributed by atoms with Crippen LogP contribution in [0.1, 0.15) is 36.6 Å². The molecule has 20 heavy (non-hydrogen) atoms. The van der Waals surface area contributed by atoms with Crippen LogP contribution in [0.2, 0.25) is 0 Å². The van der Waals surface area contributed by atoms with Crippen molar-refractivity contribution in [3.05, 3.63) is 64.1 Å². The predicted octanol–water partition coefficient (Wildman–Crippen LogP) is 4.62. The summed E-state index contributed by atoms with van der Waals surface area (Å²) in [6.45, 7) is 3.11. The van der Waals surface area contributed by atoms with Crippen molar-refractivity contribution in [1.82, 2.24) is 5.32 Å². The SMILES string of the molecule is CCNC1CC(c2ccc(Br)cc2)Oc2ccccc21. The molecule has 2 unspecified atom stereocenters. The van der Waals surface area contributed by atoms with Crippen LogP contribution in [-0.2, 0) is 0 Å². The van der Waals surface area contributed by atoms with Gasteiger partial charge in [0.05, 0.1) is 0 Å². The minimum atomic E-state index is 0.113. The van der Waals surface area contributed by atoms with Gasteiger partial charge >= 0.3 is 0 Å². The second-order valence-electron chi connectivity index (χ2n) is 5.04. The van der Waals surface area contributed by atoms with Crippen molar-refractivity contribution in [2.45, 2.75) is 25.5 Å². The zero-order valence-corrected chi connectivity index (χ0v) is 13.1. The second-order valence-corrected chi connectivity index (χ2v) is 5.96. The summed E-state index contributed by atoms with van der Waals surface area (Å²) in [7, 11) is 0. The van der Waals surface area contributed by atoms with E-state index in [9.17, 15) is 0 Å². The summed E-state index contributed by atoms with van der Waals surface area (Å²) in [5.74, 6) is 0.998. The van der Waals surface area contributed by atoms with Crippen LogP contribution in [0.15, 0.2) is 53.0 Å². The molecule has 1 heterocycles. The number of nitrogens with one attached hydrogen (secondary N) is 1. The van der Waals surface area contributed by atoms with Gasteiger partial charge < -0.3 is 10.1 Å². The van der Waals surface area contributed by atoms with Crippen LogP contribution in [0.25, 0.3) is 0 Å². The van der Waals surface area contributed by atoms with Crippen molar-refractivity contribution in [3.8, 4) is 5.75 Å². The van der Waals surface area contributed by atoms with E-state index in [1.807, 2.05) is 6.07 Å². The van der Waals surface area contributed by atoms with E-state index in [-0.39, 0.29) is 6.10 Å². The molecular formula is C17H18BrNO. The van der Waals surface area contributed by atoms with E-state index in [0.717, 1.165) is 23.2 Å². The van der Waals surface area contributed by atoms with Crippen LogP contribution >= 0.6 is 15.9 Å². The summed E-state index contributed by atoms with van der Waals surface area (Å²) in [6.07, 6.45) is 1.08. The van der Waals surface area contributed by atoms with Crippen molar-refractivity contribution < 1.29 is 4.74 Å². The molecule has 1 N–H and O–H groups in total. The molecule has 0 aliphatic carbocycles. The molecule has 0 amide bonds. The average molecular weight is 332 g/mol. The van der Waals surface area contributed by atoms with Crippen LogP contribution in [0.4, 0.5) is 0 Å². The Balaban J connectivity index is 1.91. The lowest BCUT2D eigenvalue weighted by Gasteiger charge is -2.33. The van der Waals surface area contributed by atoms with Crippen molar-refractivity contribution in [1.29, 1.82) is 0 Å². The molecule has 1 aliphatic heterocycles. The lowest BCUT2D eigenvalue weighted by molar-refractivity contribution is 0.152. The molecule has 0 saturated heterocycles. The van der Waals surface area contributed by atoms with Gasteiger partial charge in [0.25, 0.3) is 0 Å². The highest BCUT2D eigenvalue weighted by Gasteiger charge is 2.28. The Hall–Kier alpha value is -1.32. The molecule has 0 spiro atoms. The number of hydrogen-bond acceptors (Lipinski definition) is 2. The van der Waals surface area contributed by atoms with Crippen LogP contribution in [0, 0.1) is 0 Å². The fourth-order valence-electron chi connectivity index (χ4n) is 2.74. The summed E-state index contributed by atoms with van der Waals surface area (Å²) in [4.78, 5) is 0. The number of para-hydroxylation sites is 1. The first-order chi connectivity index (χ1) is 9.78. The molecule has 0 saturated carbocycles. The Kier molecular flexibility index (Phi) is 4.08. The van der Waals surface area contributed by atoms with Crippen LogP contribution < -0.4 is 10.1 Å². The molecule has 0 aromatic heterocycles. The van der Waals surface area contributed by atoms with Crippen molar-refractivity contribution in [3.63, 3.8) is 0 Å².